The van der Waals surface area contributed by atoms with Gasteiger partial charge in [0.15, 0.2) is 0 Å². The van der Waals surface area contributed by atoms with Crippen molar-refractivity contribution < 1.29 is 23.9 Å². The first kappa shape index (κ1) is 19.8. The second kappa shape index (κ2) is 6.96. The first-order chi connectivity index (χ1) is 14.8. The molecule has 7 nitrogen and oxygen atoms in total. The quantitative estimate of drug-likeness (QED) is 0.642. The van der Waals surface area contributed by atoms with Crippen LogP contribution >= 0.6 is 0 Å². The monoisotopic (exact) mass is 423 g/mol. The Morgan fingerprint density at radius 1 is 1.13 bits per heavy atom. The van der Waals surface area contributed by atoms with Crippen molar-refractivity contribution in [2.75, 3.05) is 11.9 Å². The molecule has 5 rings (SSSR count). The number of aliphatic hydroxyl groups is 1. The fraction of sp³-hybridized carbons (Fsp3) is 0.348. The Bertz CT molecular complexity index is 1090. The van der Waals surface area contributed by atoms with Crippen LogP contribution in [-0.4, -0.2) is 46.4 Å². The fourth-order valence-corrected chi connectivity index (χ4v) is 5.28. The molecular weight excluding hydrogens is 401 g/mol. The van der Waals surface area contributed by atoms with E-state index in [4.69, 9.17) is 0 Å². The van der Waals surface area contributed by atoms with Crippen LogP contribution in [0.5, 0.6) is 0 Å². The van der Waals surface area contributed by atoms with Crippen LogP contribution in [0.15, 0.2) is 48.5 Å². The van der Waals surface area contributed by atoms with Crippen LogP contribution < -0.4 is 10.6 Å². The molecule has 2 fully saturated rings. The summed E-state index contributed by atoms with van der Waals surface area (Å²) in [5.74, 6) is -3.93. The van der Waals surface area contributed by atoms with Gasteiger partial charge in [-0.2, -0.15) is 0 Å². The number of hydrogen-bond acceptors (Lipinski definition) is 5. The SMILES string of the molecule is C[C@H](O)[C@H]1N[C@@]2(C(=O)Nc3ccc(F)cc32)[C@@H]2C(=O)N(CCc3ccccc3)C(=O)[C@H]12. The van der Waals surface area contributed by atoms with Gasteiger partial charge < -0.3 is 10.4 Å². The maximum absolute atomic E-state index is 14.1. The van der Waals surface area contributed by atoms with Crippen LogP contribution in [-0.2, 0) is 26.3 Å². The van der Waals surface area contributed by atoms with Gasteiger partial charge >= 0.3 is 0 Å². The average Bonchev–Trinajstić information content (AvgIpc) is 3.33. The molecule has 3 heterocycles. The summed E-state index contributed by atoms with van der Waals surface area (Å²) < 4.78 is 14.1. The van der Waals surface area contributed by atoms with Crippen molar-refractivity contribution >= 4 is 23.4 Å². The third-order valence-corrected chi connectivity index (χ3v) is 6.69. The molecule has 3 aliphatic rings. The first-order valence-corrected chi connectivity index (χ1v) is 10.3. The molecule has 0 radical (unpaired) electrons. The van der Waals surface area contributed by atoms with Crippen LogP contribution in [0, 0.1) is 17.7 Å². The molecule has 0 saturated carbocycles. The maximum Gasteiger partial charge on any atom is 0.250 e. The Hall–Kier alpha value is -3.10. The van der Waals surface area contributed by atoms with Gasteiger partial charge in [0.1, 0.15) is 11.4 Å². The predicted octanol–water partition coefficient (Wildman–Crippen LogP) is 1.17. The highest BCUT2D eigenvalue weighted by Gasteiger charge is 2.71. The van der Waals surface area contributed by atoms with Gasteiger partial charge in [0.25, 0.3) is 0 Å². The number of halogens is 1. The zero-order valence-electron chi connectivity index (χ0n) is 16.8. The highest BCUT2D eigenvalue weighted by molar-refractivity contribution is 6.15. The number of nitrogens with zero attached hydrogens (tertiary/aromatic N) is 1. The van der Waals surface area contributed by atoms with E-state index in [0.717, 1.165) is 5.56 Å². The molecule has 31 heavy (non-hydrogen) atoms. The van der Waals surface area contributed by atoms with Gasteiger partial charge in [-0.15, -0.1) is 0 Å². The maximum atomic E-state index is 14.1. The van der Waals surface area contributed by atoms with E-state index < -0.39 is 53.1 Å². The van der Waals surface area contributed by atoms with E-state index in [9.17, 15) is 23.9 Å². The van der Waals surface area contributed by atoms with Gasteiger partial charge in [-0.25, -0.2) is 4.39 Å². The van der Waals surface area contributed by atoms with Gasteiger partial charge in [-0.3, -0.25) is 24.6 Å². The van der Waals surface area contributed by atoms with Crippen molar-refractivity contribution in [1.82, 2.24) is 10.2 Å². The Labute approximate surface area is 178 Å². The molecule has 8 heteroatoms. The lowest BCUT2D eigenvalue weighted by Gasteiger charge is -2.30. The zero-order chi connectivity index (χ0) is 21.9. The summed E-state index contributed by atoms with van der Waals surface area (Å²) in [6.07, 6.45) is -0.516. The predicted molar refractivity (Wildman–Crippen MR) is 109 cm³/mol. The minimum absolute atomic E-state index is 0.176. The van der Waals surface area contributed by atoms with Gasteiger partial charge in [-0.1, -0.05) is 30.3 Å². The number of anilines is 1. The molecule has 160 valence electrons. The van der Waals surface area contributed by atoms with Crippen molar-refractivity contribution in [3.63, 3.8) is 0 Å². The molecular formula is C23H22FN3O4. The molecule has 0 aromatic heterocycles. The molecule has 3 amide bonds. The molecule has 3 N–H and O–H groups in total. The van der Waals surface area contributed by atoms with E-state index in [1.165, 1.54) is 30.0 Å². The van der Waals surface area contributed by atoms with Crippen molar-refractivity contribution in [2.45, 2.75) is 31.0 Å². The van der Waals surface area contributed by atoms with Gasteiger partial charge in [0, 0.05) is 23.8 Å². The van der Waals surface area contributed by atoms with E-state index in [1.807, 2.05) is 30.3 Å². The second-order valence-electron chi connectivity index (χ2n) is 8.43. The Morgan fingerprint density at radius 2 is 1.87 bits per heavy atom. The molecule has 2 aromatic carbocycles. The molecule has 3 aliphatic heterocycles. The number of imide groups is 1. The van der Waals surface area contributed by atoms with Gasteiger partial charge in [0.05, 0.1) is 17.9 Å². The van der Waals surface area contributed by atoms with E-state index in [2.05, 4.69) is 10.6 Å². The number of fused-ring (bicyclic) bond motifs is 4. The van der Waals surface area contributed by atoms with E-state index >= 15 is 0 Å². The molecule has 5 atom stereocenters. The van der Waals surface area contributed by atoms with Gasteiger partial charge in [-0.05, 0) is 37.1 Å². The lowest BCUT2D eigenvalue weighted by molar-refractivity contribution is -0.143. The number of hydrogen-bond donors (Lipinski definition) is 3. The standard InChI is InChI=1S/C23H22FN3O4/c1-12(28)19-17-18(21(30)27(20(17)29)10-9-13-5-3-2-4-6-13)23(26-19)15-11-14(24)7-8-16(15)25-22(23)31/h2-8,11-12,17-19,26,28H,9-10H2,1H3,(H,25,31)/t12-,17-,18-,19+,23+/m0/s1. The first-order valence-electron chi connectivity index (χ1n) is 10.3. The van der Waals surface area contributed by atoms with Crippen LogP contribution in [0.2, 0.25) is 0 Å². The highest BCUT2D eigenvalue weighted by Crippen LogP contribution is 2.53. The van der Waals surface area contributed by atoms with Crippen LogP contribution in [0.25, 0.3) is 0 Å². The number of nitrogens with one attached hydrogen (secondary N) is 2. The zero-order valence-corrected chi connectivity index (χ0v) is 16.8. The lowest BCUT2D eigenvalue weighted by atomic mass is 9.76. The summed E-state index contributed by atoms with van der Waals surface area (Å²) in [5, 5.41) is 16.1. The Balaban J connectivity index is 1.55. The van der Waals surface area contributed by atoms with Crippen LogP contribution in [0.1, 0.15) is 18.1 Å². The summed E-state index contributed by atoms with van der Waals surface area (Å²) >= 11 is 0. The summed E-state index contributed by atoms with van der Waals surface area (Å²) in [4.78, 5) is 41.1. The average molecular weight is 423 g/mol. The Kier molecular flexibility index (Phi) is 4.46. The Morgan fingerprint density at radius 3 is 2.58 bits per heavy atom. The van der Waals surface area contributed by atoms with Crippen molar-refractivity contribution in [1.29, 1.82) is 0 Å². The second-order valence-corrected chi connectivity index (χ2v) is 8.43. The largest absolute Gasteiger partial charge is 0.392 e. The normalized spacial score (nSPS) is 30.0. The van der Waals surface area contributed by atoms with Crippen LogP contribution in [0.4, 0.5) is 10.1 Å². The molecule has 2 saturated heterocycles. The summed E-state index contributed by atoms with van der Waals surface area (Å²) in [6, 6.07) is 12.5. The number of rotatable bonds is 4. The highest BCUT2D eigenvalue weighted by atomic mass is 19.1. The van der Waals surface area contributed by atoms with E-state index in [0.29, 0.717) is 17.7 Å². The fourth-order valence-electron chi connectivity index (χ4n) is 5.28. The minimum atomic E-state index is -1.60. The summed E-state index contributed by atoms with van der Waals surface area (Å²) in [6.45, 7) is 1.69. The smallest absolute Gasteiger partial charge is 0.250 e. The number of benzene rings is 2. The molecule has 1 spiro atoms. The van der Waals surface area contributed by atoms with Gasteiger partial charge in [0.2, 0.25) is 17.7 Å². The van der Waals surface area contributed by atoms with Crippen LogP contribution in [0.3, 0.4) is 0 Å². The minimum Gasteiger partial charge on any atom is -0.392 e. The van der Waals surface area contributed by atoms with Crippen molar-refractivity contribution in [3.8, 4) is 0 Å². The number of aliphatic hydroxyl groups excluding tert-OH is 1. The molecule has 0 bridgehead atoms. The third-order valence-electron chi connectivity index (χ3n) is 6.69. The molecule has 2 aromatic rings. The number of amides is 3. The van der Waals surface area contributed by atoms with E-state index in [-0.39, 0.29) is 6.54 Å². The summed E-state index contributed by atoms with van der Waals surface area (Å²) in [5.41, 5.74) is 0.0672. The number of carbonyl (C=O) groups is 3. The van der Waals surface area contributed by atoms with E-state index in [1.54, 1.807) is 0 Å². The van der Waals surface area contributed by atoms with Crippen molar-refractivity contribution in [3.05, 3.63) is 65.5 Å². The number of likely N-dealkylation sites (tertiary alicyclic amines) is 1. The topological polar surface area (TPSA) is 98.7 Å². The lowest BCUT2D eigenvalue weighted by Crippen LogP contribution is -2.55. The summed E-state index contributed by atoms with van der Waals surface area (Å²) in [7, 11) is 0. The number of carbonyl (C=O) groups excluding carboxylic acids is 3. The molecule has 0 unspecified atom stereocenters. The third kappa shape index (κ3) is 2.75. The van der Waals surface area contributed by atoms with Crippen molar-refractivity contribution in [2.24, 2.45) is 11.8 Å². The molecule has 0 aliphatic carbocycles.